The second kappa shape index (κ2) is 7.52. The molecule has 0 bridgehead atoms. The van der Waals surface area contributed by atoms with E-state index < -0.39 is 12.1 Å². The number of nitrogens with one attached hydrogen (secondary N) is 1. The Kier molecular flexibility index (Phi) is 4.76. The Labute approximate surface area is 161 Å². The highest BCUT2D eigenvalue weighted by Gasteiger charge is 2.28. The number of carbonyl (C=O) groups is 2. The van der Waals surface area contributed by atoms with Crippen molar-refractivity contribution >= 4 is 12.1 Å². The van der Waals surface area contributed by atoms with Crippen LogP contribution >= 0.6 is 0 Å². The quantitative estimate of drug-likeness (QED) is 0.709. The fraction of sp³-hybridized carbons (Fsp3) is 0.136. The number of amides is 1. The van der Waals surface area contributed by atoms with Gasteiger partial charge in [-0.1, -0.05) is 54.6 Å². The van der Waals surface area contributed by atoms with Gasteiger partial charge in [0.1, 0.15) is 12.3 Å². The van der Waals surface area contributed by atoms with E-state index in [0.717, 1.165) is 11.1 Å². The first-order valence-electron chi connectivity index (χ1n) is 8.90. The fourth-order valence-electron chi connectivity index (χ4n) is 3.48. The molecule has 2 N–H and O–H groups in total. The van der Waals surface area contributed by atoms with E-state index >= 15 is 0 Å². The number of ether oxygens (including phenoxy) is 1. The summed E-state index contributed by atoms with van der Waals surface area (Å²) in [5.74, 6) is -1.08. The third-order valence-electron chi connectivity index (χ3n) is 4.82. The van der Waals surface area contributed by atoms with Crippen molar-refractivity contribution < 1.29 is 19.4 Å². The number of hydrogen-bond acceptors (Lipinski definition) is 4. The predicted molar refractivity (Wildman–Crippen MR) is 103 cm³/mol. The highest BCUT2D eigenvalue weighted by molar-refractivity contribution is 5.85. The molecule has 1 aromatic heterocycles. The number of hydrogen-bond donors (Lipinski definition) is 2. The van der Waals surface area contributed by atoms with Crippen molar-refractivity contribution in [2.75, 3.05) is 6.61 Å². The van der Waals surface area contributed by atoms with Crippen molar-refractivity contribution in [1.82, 2.24) is 10.3 Å². The Hall–Kier alpha value is -3.67. The molecule has 0 radical (unpaired) electrons. The van der Waals surface area contributed by atoms with Crippen LogP contribution in [0.1, 0.15) is 33.1 Å². The Morgan fingerprint density at radius 2 is 1.61 bits per heavy atom. The molecule has 28 heavy (non-hydrogen) atoms. The van der Waals surface area contributed by atoms with Crippen LogP contribution < -0.4 is 5.32 Å². The largest absolute Gasteiger partial charge is 0.477 e. The maximum atomic E-state index is 12.1. The van der Waals surface area contributed by atoms with Gasteiger partial charge in [0.2, 0.25) is 0 Å². The van der Waals surface area contributed by atoms with Gasteiger partial charge in [-0.2, -0.15) is 0 Å². The molecule has 6 heteroatoms. The summed E-state index contributed by atoms with van der Waals surface area (Å²) >= 11 is 0. The van der Waals surface area contributed by atoms with Gasteiger partial charge in [-0.05, 0) is 33.9 Å². The zero-order valence-corrected chi connectivity index (χ0v) is 15.0. The Balaban J connectivity index is 1.38. The number of aromatic carboxylic acids is 1. The Morgan fingerprint density at radius 1 is 0.964 bits per heavy atom. The van der Waals surface area contributed by atoms with Gasteiger partial charge in [-0.15, -0.1) is 0 Å². The van der Waals surface area contributed by atoms with Crippen LogP contribution in [0, 0.1) is 0 Å². The maximum Gasteiger partial charge on any atom is 0.407 e. The van der Waals surface area contributed by atoms with Crippen molar-refractivity contribution in [2.45, 2.75) is 12.5 Å². The van der Waals surface area contributed by atoms with Gasteiger partial charge in [-0.25, -0.2) is 14.6 Å². The van der Waals surface area contributed by atoms with Crippen molar-refractivity contribution in [3.8, 4) is 11.1 Å². The second-order valence-corrected chi connectivity index (χ2v) is 6.54. The zero-order chi connectivity index (χ0) is 19.5. The molecule has 6 nitrogen and oxygen atoms in total. The molecule has 3 aromatic rings. The average molecular weight is 374 g/mol. The molecule has 1 aliphatic rings. The molecule has 0 fully saturated rings. The number of alkyl carbamates (subject to hydrolysis) is 1. The van der Waals surface area contributed by atoms with Crippen molar-refractivity contribution in [3.63, 3.8) is 0 Å². The summed E-state index contributed by atoms with van der Waals surface area (Å²) in [4.78, 5) is 26.8. The van der Waals surface area contributed by atoms with Crippen molar-refractivity contribution in [3.05, 3.63) is 89.2 Å². The van der Waals surface area contributed by atoms with Crippen LogP contribution in [-0.4, -0.2) is 28.8 Å². The monoisotopic (exact) mass is 374 g/mol. The van der Waals surface area contributed by atoms with Crippen molar-refractivity contribution in [1.29, 1.82) is 0 Å². The van der Waals surface area contributed by atoms with E-state index in [9.17, 15) is 9.59 Å². The SMILES string of the molecule is O=C(NCc1ccc(C(=O)O)nc1)OCC1c2ccccc2-c2ccccc21. The summed E-state index contributed by atoms with van der Waals surface area (Å²) in [5, 5.41) is 11.5. The first-order valence-corrected chi connectivity index (χ1v) is 8.90. The first kappa shape index (κ1) is 17.7. The Bertz CT molecular complexity index is 985. The minimum atomic E-state index is -1.09. The number of pyridine rings is 1. The smallest absolute Gasteiger partial charge is 0.407 e. The molecule has 1 heterocycles. The standard InChI is InChI=1S/C22H18N2O4/c25-21(26)20-10-9-14(11-23-20)12-24-22(27)28-13-19-17-7-3-1-5-15(17)16-6-2-4-8-18(16)19/h1-11,19H,12-13H2,(H,24,27)(H,25,26). The number of nitrogens with zero attached hydrogens (tertiary/aromatic N) is 1. The molecule has 1 amide bonds. The molecule has 0 aliphatic heterocycles. The minimum absolute atomic E-state index is 0.00895. The normalized spacial score (nSPS) is 12.1. The number of rotatable bonds is 5. The summed E-state index contributed by atoms with van der Waals surface area (Å²) < 4.78 is 5.46. The molecule has 0 spiro atoms. The van der Waals surface area contributed by atoms with Crippen LogP contribution in [0.5, 0.6) is 0 Å². The Morgan fingerprint density at radius 3 is 2.18 bits per heavy atom. The van der Waals surface area contributed by atoms with E-state index in [0.29, 0.717) is 5.56 Å². The number of benzene rings is 2. The van der Waals surface area contributed by atoms with Gasteiger partial charge >= 0.3 is 12.1 Å². The number of carboxylic acids is 1. The molecular weight excluding hydrogens is 356 g/mol. The fourth-order valence-corrected chi connectivity index (χ4v) is 3.48. The van der Waals surface area contributed by atoms with E-state index in [2.05, 4.69) is 34.6 Å². The van der Waals surface area contributed by atoms with Gasteiger partial charge in [0, 0.05) is 18.7 Å². The summed E-state index contributed by atoms with van der Waals surface area (Å²) in [6.45, 7) is 0.458. The number of fused-ring (bicyclic) bond motifs is 3. The lowest BCUT2D eigenvalue weighted by Crippen LogP contribution is -2.25. The van der Waals surface area contributed by atoms with E-state index in [4.69, 9.17) is 9.84 Å². The van der Waals surface area contributed by atoms with E-state index in [-0.39, 0.29) is 24.8 Å². The molecule has 4 rings (SSSR count). The van der Waals surface area contributed by atoms with Crippen LogP contribution in [0.4, 0.5) is 4.79 Å². The van der Waals surface area contributed by atoms with Crippen molar-refractivity contribution in [2.24, 2.45) is 0 Å². The van der Waals surface area contributed by atoms with E-state index in [1.54, 1.807) is 6.07 Å². The number of carboxylic acid groups (broad SMARTS) is 1. The summed E-state index contributed by atoms with van der Waals surface area (Å²) in [7, 11) is 0. The lowest BCUT2D eigenvalue weighted by Gasteiger charge is -2.14. The first-order chi connectivity index (χ1) is 13.6. The van der Waals surface area contributed by atoms with Gasteiger partial charge in [0.05, 0.1) is 0 Å². The predicted octanol–water partition coefficient (Wildman–Crippen LogP) is 3.82. The molecule has 0 atom stereocenters. The lowest BCUT2D eigenvalue weighted by atomic mass is 9.98. The number of carbonyl (C=O) groups excluding carboxylic acids is 1. The zero-order valence-electron chi connectivity index (χ0n) is 15.0. The molecule has 2 aromatic carbocycles. The molecule has 0 saturated carbocycles. The van der Waals surface area contributed by atoms with Crippen LogP contribution in [0.3, 0.4) is 0 Å². The topological polar surface area (TPSA) is 88.5 Å². The van der Waals surface area contributed by atoms with Gasteiger partial charge in [0.25, 0.3) is 0 Å². The molecular formula is C22H18N2O4. The van der Waals surface area contributed by atoms with Crippen LogP contribution in [-0.2, 0) is 11.3 Å². The highest BCUT2D eigenvalue weighted by Crippen LogP contribution is 2.44. The summed E-state index contributed by atoms with van der Waals surface area (Å²) in [5.41, 5.74) is 5.33. The minimum Gasteiger partial charge on any atom is -0.477 e. The maximum absolute atomic E-state index is 12.1. The van der Waals surface area contributed by atoms with E-state index in [1.165, 1.54) is 23.4 Å². The second-order valence-electron chi connectivity index (χ2n) is 6.54. The molecule has 140 valence electrons. The average Bonchev–Trinajstić information content (AvgIpc) is 3.05. The van der Waals surface area contributed by atoms with Gasteiger partial charge in [0.15, 0.2) is 0 Å². The molecule has 1 aliphatic carbocycles. The molecule has 0 saturated heterocycles. The van der Waals surface area contributed by atoms with Crippen LogP contribution in [0.25, 0.3) is 11.1 Å². The van der Waals surface area contributed by atoms with Crippen LogP contribution in [0.2, 0.25) is 0 Å². The summed E-state index contributed by atoms with van der Waals surface area (Å²) in [6, 6.07) is 19.3. The van der Waals surface area contributed by atoms with E-state index in [1.807, 2.05) is 24.3 Å². The van der Waals surface area contributed by atoms with Crippen LogP contribution in [0.15, 0.2) is 66.9 Å². The molecule has 0 unspecified atom stereocenters. The highest BCUT2D eigenvalue weighted by atomic mass is 16.5. The van der Waals surface area contributed by atoms with Gasteiger partial charge < -0.3 is 15.2 Å². The summed E-state index contributed by atoms with van der Waals surface area (Å²) in [6.07, 6.45) is 0.900. The number of aromatic nitrogens is 1. The third kappa shape index (κ3) is 3.44. The lowest BCUT2D eigenvalue weighted by molar-refractivity contribution is 0.0690. The van der Waals surface area contributed by atoms with Gasteiger partial charge in [-0.3, -0.25) is 0 Å². The third-order valence-corrected chi connectivity index (χ3v) is 4.82.